The summed E-state index contributed by atoms with van der Waals surface area (Å²) in [6, 6.07) is 8.16. The molecule has 0 aliphatic heterocycles. The molecule has 0 aliphatic carbocycles. The van der Waals surface area contributed by atoms with Crippen molar-refractivity contribution in [3.05, 3.63) is 44.6 Å². The van der Waals surface area contributed by atoms with Crippen LogP contribution in [-0.2, 0) is 13.2 Å². The van der Waals surface area contributed by atoms with Crippen molar-refractivity contribution < 1.29 is 9.47 Å². The lowest BCUT2D eigenvalue weighted by Crippen LogP contribution is -2.12. The van der Waals surface area contributed by atoms with Gasteiger partial charge in [0.2, 0.25) is 0 Å². The molecule has 0 unspecified atom stereocenters. The van der Waals surface area contributed by atoms with Crippen LogP contribution in [0, 0.1) is 0 Å². The molecule has 0 saturated carbocycles. The topological polar surface area (TPSA) is 30.5 Å². The van der Waals surface area contributed by atoms with Gasteiger partial charge in [-0.3, -0.25) is 0 Å². The van der Waals surface area contributed by atoms with Crippen molar-refractivity contribution in [2.75, 3.05) is 13.7 Å². The number of thiophene rings is 1. The lowest BCUT2D eigenvalue weighted by atomic mass is 10.2. The van der Waals surface area contributed by atoms with Gasteiger partial charge < -0.3 is 14.8 Å². The fraction of sp³-hybridized carbons (Fsp3) is 0.333. The molecule has 0 atom stereocenters. The first-order valence-corrected chi connectivity index (χ1v) is 8.14. The first kappa shape index (κ1) is 15.4. The van der Waals surface area contributed by atoms with E-state index in [4.69, 9.17) is 9.47 Å². The van der Waals surface area contributed by atoms with Gasteiger partial charge in [0, 0.05) is 11.4 Å². The Kier molecular flexibility index (Phi) is 5.88. The standard InChI is InChI=1S/C15H18BrNO2S/c1-3-17-9-11-7-13(16)15(14(8-11)18-2)19-10-12-5-4-6-20-12/h4-8,17H,3,9-10H2,1-2H3. The molecule has 0 amide bonds. The Labute approximate surface area is 132 Å². The summed E-state index contributed by atoms with van der Waals surface area (Å²) >= 11 is 5.25. The minimum absolute atomic E-state index is 0.555. The van der Waals surface area contributed by atoms with E-state index in [-0.39, 0.29) is 0 Å². The fourth-order valence-electron chi connectivity index (χ4n) is 1.82. The van der Waals surface area contributed by atoms with Gasteiger partial charge in [-0.15, -0.1) is 11.3 Å². The average Bonchev–Trinajstić information content (AvgIpc) is 2.96. The highest BCUT2D eigenvalue weighted by atomic mass is 79.9. The van der Waals surface area contributed by atoms with E-state index in [9.17, 15) is 0 Å². The molecule has 1 aromatic heterocycles. The molecule has 1 aromatic carbocycles. The van der Waals surface area contributed by atoms with Crippen LogP contribution in [0.25, 0.3) is 0 Å². The van der Waals surface area contributed by atoms with Crippen molar-refractivity contribution in [2.45, 2.75) is 20.1 Å². The summed E-state index contributed by atoms with van der Waals surface area (Å²) in [5, 5.41) is 5.35. The predicted molar refractivity (Wildman–Crippen MR) is 86.7 cm³/mol. The molecule has 0 spiro atoms. The van der Waals surface area contributed by atoms with Gasteiger partial charge in [-0.25, -0.2) is 0 Å². The number of benzene rings is 1. The Morgan fingerprint density at radius 3 is 2.85 bits per heavy atom. The van der Waals surface area contributed by atoms with E-state index in [1.165, 1.54) is 10.4 Å². The smallest absolute Gasteiger partial charge is 0.175 e. The normalized spacial score (nSPS) is 10.6. The van der Waals surface area contributed by atoms with Gasteiger partial charge in [-0.2, -0.15) is 0 Å². The van der Waals surface area contributed by atoms with Gasteiger partial charge in [0.25, 0.3) is 0 Å². The SMILES string of the molecule is CCNCc1cc(Br)c(OCc2cccs2)c(OC)c1. The van der Waals surface area contributed by atoms with Crippen LogP contribution in [0.4, 0.5) is 0 Å². The van der Waals surface area contributed by atoms with Gasteiger partial charge in [0.05, 0.1) is 11.6 Å². The zero-order chi connectivity index (χ0) is 14.4. The molecular formula is C15H18BrNO2S. The summed E-state index contributed by atoms with van der Waals surface area (Å²) in [6.45, 7) is 4.40. The number of rotatable bonds is 7. The summed E-state index contributed by atoms with van der Waals surface area (Å²) in [5.41, 5.74) is 1.17. The highest BCUT2D eigenvalue weighted by molar-refractivity contribution is 9.10. The van der Waals surface area contributed by atoms with E-state index in [1.807, 2.05) is 17.5 Å². The van der Waals surface area contributed by atoms with E-state index >= 15 is 0 Å². The Bertz CT molecular complexity index is 543. The molecule has 108 valence electrons. The van der Waals surface area contributed by atoms with Gasteiger partial charge in [0.1, 0.15) is 6.61 Å². The lowest BCUT2D eigenvalue weighted by molar-refractivity contribution is 0.285. The van der Waals surface area contributed by atoms with Crippen molar-refractivity contribution >= 4 is 27.3 Å². The Hall–Kier alpha value is -1.04. The minimum Gasteiger partial charge on any atom is -0.493 e. The van der Waals surface area contributed by atoms with E-state index in [0.717, 1.165) is 29.1 Å². The summed E-state index contributed by atoms with van der Waals surface area (Å²) in [6.07, 6.45) is 0. The van der Waals surface area contributed by atoms with Crippen LogP contribution in [0.5, 0.6) is 11.5 Å². The minimum atomic E-state index is 0.555. The molecule has 20 heavy (non-hydrogen) atoms. The molecule has 5 heteroatoms. The fourth-order valence-corrected chi connectivity index (χ4v) is 3.04. The Morgan fingerprint density at radius 1 is 1.35 bits per heavy atom. The number of methoxy groups -OCH3 is 1. The van der Waals surface area contributed by atoms with E-state index in [1.54, 1.807) is 18.4 Å². The number of nitrogens with one attached hydrogen (secondary N) is 1. The van der Waals surface area contributed by atoms with E-state index in [0.29, 0.717) is 6.61 Å². The molecule has 1 heterocycles. The zero-order valence-corrected chi connectivity index (χ0v) is 14.0. The molecule has 3 nitrogen and oxygen atoms in total. The maximum Gasteiger partial charge on any atom is 0.175 e. The summed E-state index contributed by atoms with van der Waals surface area (Å²) in [5.74, 6) is 1.50. The number of hydrogen-bond donors (Lipinski definition) is 1. The largest absolute Gasteiger partial charge is 0.493 e. The quantitative estimate of drug-likeness (QED) is 0.806. The third kappa shape index (κ3) is 3.98. The number of halogens is 1. The summed E-state index contributed by atoms with van der Waals surface area (Å²) in [4.78, 5) is 1.19. The van der Waals surface area contributed by atoms with Gasteiger partial charge in [0.15, 0.2) is 11.5 Å². The van der Waals surface area contributed by atoms with Gasteiger partial charge in [-0.05, 0) is 51.6 Å². The first-order chi connectivity index (χ1) is 9.74. The summed E-state index contributed by atoms with van der Waals surface area (Å²) in [7, 11) is 1.66. The Balaban J connectivity index is 2.14. The third-order valence-electron chi connectivity index (χ3n) is 2.81. The molecule has 2 rings (SSSR count). The average molecular weight is 356 g/mol. The van der Waals surface area contributed by atoms with Crippen LogP contribution in [0.15, 0.2) is 34.1 Å². The van der Waals surface area contributed by atoms with Crippen molar-refractivity contribution in [2.24, 2.45) is 0 Å². The maximum absolute atomic E-state index is 5.88. The molecule has 0 bridgehead atoms. The summed E-state index contributed by atoms with van der Waals surface area (Å²) < 4.78 is 12.2. The Morgan fingerprint density at radius 2 is 2.20 bits per heavy atom. The first-order valence-electron chi connectivity index (χ1n) is 6.47. The van der Waals surface area contributed by atoms with Gasteiger partial charge in [-0.1, -0.05) is 13.0 Å². The molecule has 0 radical (unpaired) electrons. The van der Waals surface area contributed by atoms with Crippen molar-refractivity contribution in [3.63, 3.8) is 0 Å². The molecular weight excluding hydrogens is 338 g/mol. The maximum atomic E-state index is 5.88. The molecule has 0 saturated heterocycles. The van der Waals surface area contributed by atoms with Crippen LogP contribution in [0.2, 0.25) is 0 Å². The molecule has 0 aliphatic rings. The highest BCUT2D eigenvalue weighted by Gasteiger charge is 2.12. The van der Waals surface area contributed by atoms with E-state index < -0.39 is 0 Å². The van der Waals surface area contributed by atoms with Crippen LogP contribution >= 0.6 is 27.3 Å². The van der Waals surface area contributed by atoms with Crippen LogP contribution in [0.3, 0.4) is 0 Å². The van der Waals surface area contributed by atoms with Crippen LogP contribution < -0.4 is 14.8 Å². The second kappa shape index (κ2) is 7.67. The number of hydrogen-bond acceptors (Lipinski definition) is 4. The monoisotopic (exact) mass is 355 g/mol. The van der Waals surface area contributed by atoms with Crippen molar-refractivity contribution in [1.29, 1.82) is 0 Å². The predicted octanol–water partition coefficient (Wildman–Crippen LogP) is 4.21. The van der Waals surface area contributed by atoms with Crippen LogP contribution in [0.1, 0.15) is 17.4 Å². The van der Waals surface area contributed by atoms with E-state index in [2.05, 4.69) is 40.3 Å². The van der Waals surface area contributed by atoms with Crippen LogP contribution in [-0.4, -0.2) is 13.7 Å². The zero-order valence-electron chi connectivity index (χ0n) is 11.6. The number of ether oxygens (including phenoxy) is 2. The third-order valence-corrected chi connectivity index (χ3v) is 4.25. The lowest BCUT2D eigenvalue weighted by Gasteiger charge is -2.14. The molecule has 1 N–H and O–H groups in total. The second-order valence-electron chi connectivity index (χ2n) is 4.26. The highest BCUT2D eigenvalue weighted by Crippen LogP contribution is 2.37. The molecule has 2 aromatic rings. The molecule has 0 fully saturated rings. The van der Waals surface area contributed by atoms with Crippen molar-refractivity contribution in [3.8, 4) is 11.5 Å². The van der Waals surface area contributed by atoms with Gasteiger partial charge >= 0.3 is 0 Å². The van der Waals surface area contributed by atoms with Crippen molar-refractivity contribution in [1.82, 2.24) is 5.32 Å². The second-order valence-corrected chi connectivity index (χ2v) is 6.14.